The number of hydrogen-bond acceptors (Lipinski definition) is 5. The number of nitrogens with zero attached hydrogens (tertiary/aromatic N) is 6. The van der Waals surface area contributed by atoms with E-state index in [-0.39, 0.29) is 0 Å². The van der Waals surface area contributed by atoms with Gasteiger partial charge in [0.1, 0.15) is 11.6 Å². The number of rotatable bonds is 0. The summed E-state index contributed by atoms with van der Waals surface area (Å²) in [6.07, 6.45) is 7.02. The second kappa shape index (κ2) is 3.67. The van der Waals surface area contributed by atoms with Crippen molar-refractivity contribution < 1.29 is 0 Å². The summed E-state index contributed by atoms with van der Waals surface area (Å²) < 4.78 is 1.67. The van der Waals surface area contributed by atoms with E-state index in [4.69, 9.17) is 5.26 Å². The molecule has 0 saturated heterocycles. The van der Waals surface area contributed by atoms with Gasteiger partial charge in [-0.2, -0.15) is 15.5 Å². The van der Waals surface area contributed by atoms with Crippen molar-refractivity contribution in [3.8, 4) is 6.07 Å². The second-order valence-electron chi connectivity index (χ2n) is 4.04. The third-order valence-corrected chi connectivity index (χ3v) is 2.83. The lowest BCUT2D eigenvalue weighted by Gasteiger charge is -2.06. The highest BCUT2D eigenvalue weighted by molar-refractivity contribution is 6.01. The Morgan fingerprint density at radius 1 is 1.33 bits per heavy atom. The standard InChI is InChI=1S/C12H10N6/c1-8-10-7-14-12-9(5-13)6-15-18(12)11(10)3-4-17(2)16-8/h3-4,6-7H,1-2H3. The predicted octanol–water partition coefficient (Wildman–Crippen LogP) is 1.24. The van der Waals surface area contributed by atoms with Crippen molar-refractivity contribution in [1.82, 2.24) is 19.6 Å². The molecule has 0 N–H and O–H groups in total. The summed E-state index contributed by atoms with van der Waals surface area (Å²) >= 11 is 0. The minimum Gasteiger partial charge on any atom is -0.276 e. The minimum atomic E-state index is 0.471. The van der Waals surface area contributed by atoms with E-state index >= 15 is 0 Å². The highest BCUT2D eigenvalue weighted by atomic mass is 15.4. The van der Waals surface area contributed by atoms with Crippen molar-refractivity contribution in [2.24, 2.45) is 5.10 Å². The maximum atomic E-state index is 8.98. The molecular formula is C12H10N6. The summed E-state index contributed by atoms with van der Waals surface area (Å²) in [5, 5.41) is 19.3. The number of hydrogen-bond donors (Lipinski definition) is 0. The van der Waals surface area contributed by atoms with Crippen molar-refractivity contribution in [2.75, 3.05) is 7.05 Å². The van der Waals surface area contributed by atoms with E-state index in [9.17, 15) is 0 Å². The van der Waals surface area contributed by atoms with Crippen LogP contribution in [0.3, 0.4) is 0 Å². The third-order valence-electron chi connectivity index (χ3n) is 2.83. The van der Waals surface area contributed by atoms with Crippen molar-refractivity contribution >= 4 is 17.4 Å². The van der Waals surface area contributed by atoms with Crippen molar-refractivity contribution in [1.29, 1.82) is 5.26 Å². The zero-order valence-corrected chi connectivity index (χ0v) is 9.99. The molecule has 0 aromatic carbocycles. The van der Waals surface area contributed by atoms with Crippen LogP contribution in [0.5, 0.6) is 0 Å². The second-order valence-corrected chi connectivity index (χ2v) is 4.04. The Balaban J connectivity index is 2.38. The molecule has 0 amide bonds. The fourth-order valence-corrected chi connectivity index (χ4v) is 1.97. The van der Waals surface area contributed by atoms with Crippen molar-refractivity contribution in [3.63, 3.8) is 0 Å². The molecule has 0 aliphatic carbocycles. The lowest BCUT2D eigenvalue weighted by Crippen LogP contribution is -2.07. The van der Waals surface area contributed by atoms with E-state index in [0.717, 1.165) is 17.0 Å². The summed E-state index contributed by atoms with van der Waals surface area (Å²) in [6, 6.07) is 2.08. The fraction of sp³-hybridized carbons (Fsp3) is 0.167. The van der Waals surface area contributed by atoms with Gasteiger partial charge in [0.25, 0.3) is 0 Å². The molecule has 88 valence electrons. The first kappa shape index (κ1) is 10.5. The van der Waals surface area contributed by atoms with Crippen LogP contribution in [0.15, 0.2) is 23.7 Å². The van der Waals surface area contributed by atoms with Gasteiger partial charge in [-0.25, -0.2) is 9.50 Å². The average Bonchev–Trinajstić information content (AvgIpc) is 2.72. The number of aromatic nitrogens is 3. The first-order valence-electron chi connectivity index (χ1n) is 5.44. The van der Waals surface area contributed by atoms with Crippen LogP contribution >= 0.6 is 0 Å². The fourth-order valence-electron chi connectivity index (χ4n) is 1.97. The molecule has 0 saturated carbocycles. The Hall–Kier alpha value is -2.68. The molecule has 1 aliphatic rings. The molecule has 3 rings (SSSR count). The van der Waals surface area contributed by atoms with Crippen LogP contribution in [-0.4, -0.2) is 32.4 Å². The van der Waals surface area contributed by atoms with Gasteiger partial charge in [-0.1, -0.05) is 0 Å². The largest absolute Gasteiger partial charge is 0.276 e. The Morgan fingerprint density at radius 3 is 2.94 bits per heavy atom. The Kier molecular flexibility index (Phi) is 2.13. The Morgan fingerprint density at radius 2 is 2.17 bits per heavy atom. The van der Waals surface area contributed by atoms with E-state index in [1.165, 1.54) is 6.20 Å². The first-order chi connectivity index (χ1) is 8.70. The summed E-state index contributed by atoms with van der Waals surface area (Å²) in [7, 11) is 1.86. The molecule has 0 atom stereocenters. The monoisotopic (exact) mass is 238 g/mol. The van der Waals surface area contributed by atoms with E-state index in [2.05, 4.69) is 21.3 Å². The molecule has 3 heterocycles. The van der Waals surface area contributed by atoms with Gasteiger partial charge >= 0.3 is 0 Å². The van der Waals surface area contributed by atoms with Gasteiger partial charge in [0.15, 0.2) is 5.65 Å². The maximum Gasteiger partial charge on any atom is 0.173 e. The number of fused-ring (bicyclic) bond motifs is 3. The molecule has 0 spiro atoms. The summed E-state index contributed by atoms with van der Waals surface area (Å²) in [4.78, 5) is 4.29. The zero-order valence-electron chi connectivity index (χ0n) is 9.99. The van der Waals surface area contributed by atoms with Gasteiger partial charge in [0.2, 0.25) is 0 Å². The molecule has 2 aromatic rings. The van der Waals surface area contributed by atoms with Gasteiger partial charge in [-0.15, -0.1) is 0 Å². The number of hydrazone groups is 1. The maximum absolute atomic E-state index is 8.98. The topological polar surface area (TPSA) is 69.6 Å². The Labute approximate surface area is 103 Å². The van der Waals surface area contributed by atoms with Crippen LogP contribution in [-0.2, 0) is 0 Å². The lowest BCUT2D eigenvalue weighted by molar-refractivity contribution is 0.494. The SMILES string of the molecule is CC1=NN(C)C=Cc2c1cnc1c(C#N)cnn21. The average molecular weight is 238 g/mol. The van der Waals surface area contributed by atoms with Crippen LogP contribution in [0, 0.1) is 11.3 Å². The summed E-state index contributed by atoms with van der Waals surface area (Å²) in [6.45, 7) is 1.92. The molecule has 6 nitrogen and oxygen atoms in total. The molecule has 6 heteroatoms. The van der Waals surface area contributed by atoms with Crippen LogP contribution < -0.4 is 0 Å². The summed E-state index contributed by atoms with van der Waals surface area (Å²) in [5.41, 5.74) is 3.69. The van der Waals surface area contributed by atoms with E-state index in [1.807, 2.05) is 26.2 Å². The highest BCUT2D eigenvalue weighted by Crippen LogP contribution is 2.18. The quantitative estimate of drug-likeness (QED) is 0.692. The van der Waals surface area contributed by atoms with Crippen LogP contribution in [0.4, 0.5) is 0 Å². The number of nitriles is 1. The van der Waals surface area contributed by atoms with Gasteiger partial charge in [0, 0.05) is 25.0 Å². The van der Waals surface area contributed by atoms with Gasteiger partial charge in [-0.3, -0.25) is 5.01 Å². The molecule has 2 aromatic heterocycles. The normalized spacial score (nSPS) is 14.1. The van der Waals surface area contributed by atoms with E-state index < -0.39 is 0 Å². The molecular weight excluding hydrogens is 228 g/mol. The lowest BCUT2D eigenvalue weighted by atomic mass is 10.1. The smallest absolute Gasteiger partial charge is 0.173 e. The molecule has 0 bridgehead atoms. The van der Waals surface area contributed by atoms with Crippen molar-refractivity contribution in [2.45, 2.75) is 6.92 Å². The van der Waals surface area contributed by atoms with E-state index in [1.54, 1.807) is 15.7 Å². The van der Waals surface area contributed by atoms with Gasteiger partial charge in [0.05, 0.1) is 17.6 Å². The zero-order chi connectivity index (χ0) is 12.7. The highest BCUT2D eigenvalue weighted by Gasteiger charge is 2.15. The Bertz CT molecular complexity index is 731. The van der Waals surface area contributed by atoms with Gasteiger partial charge < -0.3 is 0 Å². The molecule has 1 aliphatic heterocycles. The first-order valence-corrected chi connectivity index (χ1v) is 5.44. The molecule has 0 fully saturated rings. The van der Waals surface area contributed by atoms with Crippen LogP contribution in [0.2, 0.25) is 0 Å². The molecule has 0 radical (unpaired) electrons. The predicted molar refractivity (Wildman–Crippen MR) is 66.7 cm³/mol. The van der Waals surface area contributed by atoms with E-state index in [0.29, 0.717) is 11.2 Å². The summed E-state index contributed by atoms with van der Waals surface area (Å²) in [5.74, 6) is 0. The van der Waals surface area contributed by atoms with Crippen molar-refractivity contribution in [3.05, 3.63) is 35.4 Å². The molecule has 0 unspecified atom stereocenters. The van der Waals surface area contributed by atoms with Gasteiger partial charge in [-0.05, 0) is 13.0 Å². The third kappa shape index (κ3) is 1.38. The van der Waals surface area contributed by atoms with Crippen LogP contribution in [0.1, 0.15) is 23.7 Å². The molecule has 18 heavy (non-hydrogen) atoms. The van der Waals surface area contributed by atoms with Crippen LogP contribution in [0.25, 0.3) is 11.7 Å². The minimum absolute atomic E-state index is 0.471.